The summed E-state index contributed by atoms with van der Waals surface area (Å²) < 4.78 is 0. The molecule has 0 unspecified atom stereocenters. The number of carbonyl (C=O) groups is 1. The molecule has 80 valence electrons. The van der Waals surface area contributed by atoms with E-state index in [-0.39, 0.29) is 24.6 Å². The van der Waals surface area contributed by atoms with Gasteiger partial charge in [-0.2, -0.15) is 0 Å². The van der Waals surface area contributed by atoms with Gasteiger partial charge in [-0.1, -0.05) is 0 Å². The first-order valence-electron chi connectivity index (χ1n) is 4.64. The summed E-state index contributed by atoms with van der Waals surface area (Å²) in [6.07, 6.45) is 4.63. The fourth-order valence-corrected chi connectivity index (χ4v) is 1.28. The third-order valence-electron chi connectivity index (χ3n) is 2.02. The first-order chi connectivity index (χ1) is 7.68. The largest absolute Gasteiger partial charge is 1.00 e. The molecule has 0 saturated carbocycles. The van der Waals surface area contributed by atoms with Crippen LogP contribution < -0.4 is 24.0 Å². The minimum atomic E-state index is -1.33. The number of aromatic nitrogens is 3. The second kappa shape index (κ2) is 5.57. The number of aryl methyl sites for hydroxylation is 1. The molecule has 2 rings (SSSR count). The van der Waals surface area contributed by atoms with E-state index in [4.69, 9.17) is 0 Å². The van der Waals surface area contributed by atoms with Crippen molar-refractivity contribution in [3.8, 4) is 11.4 Å². The number of carboxylic acid groups (broad SMARTS) is 1. The molecule has 5 nitrogen and oxygen atoms in total. The van der Waals surface area contributed by atoms with Gasteiger partial charge in [0.2, 0.25) is 0 Å². The van der Waals surface area contributed by atoms with Gasteiger partial charge in [0, 0.05) is 24.2 Å². The Hall–Kier alpha value is -1.70. The van der Waals surface area contributed by atoms with Crippen molar-refractivity contribution >= 4 is 5.97 Å². The minimum Gasteiger partial charge on any atom is -0.543 e. The van der Waals surface area contributed by atoms with Gasteiger partial charge < -0.3 is 9.90 Å². The van der Waals surface area contributed by atoms with E-state index in [1.54, 1.807) is 24.5 Å². The second-order valence-corrected chi connectivity index (χ2v) is 3.27. The summed E-state index contributed by atoms with van der Waals surface area (Å²) in [7, 11) is 0. The molecule has 0 fully saturated rings. The smallest absolute Gasteiger partial charge is 0.543 e. The molecule has 0 aliphatic rings. The van der Waals surface area contributed by atoms with Crippen LogP contribution in [0.2, 0.25) is 0 Å². The van der Waals surface area contributed by atoms with Crippen LogP contribution in [0.4, 0.5) is 0 Å². The molecular formula is C11H8LiN3O2. The van der Waals surface area contributed by atoms with Crippen LogP contribution in [0.3, 0.4) is 0 Å². The zero-order chi connectivity index (χ0) is 11.5. The van der Waals surface area contributed by atoms with Gasteiger partial charge in [-0.15, -0.1) is 0 Å². The standard InChI is InChI=1S/C11H9N3O2.Li/c1-7-5-13-10(14-6-7)8-3-2-4-12-9(8)11(15)16;/h2-6H,1H3,(H,15,16);/q;+1/p-1. The number of pyridine rings is 1. The van der Waals surface area contributed by atoms with Gasteiger partial charge in [0.15, 0.2) is 5.82 Å². The summed E-state index contributed by atoms with van der Waals surface area (Å²) in [6.45, 7) is 1.85. The van der Waals surface area contributed by atoms with E-state index >= 15 is 0 Å². The molecule has 2 aromatic heterocycles. The number of hydrogen-bond acceptors (Lipinski definition) is 5. The average Bonchev–Trinajstić information content (AvgIpc) is 2.30. The molecule has 0 radical (unpaired) electrons. The first kappa shape index (κ1) is 13.4. The molecule has 0 N–H and O–H groups in total. The van der Waals surface area contributed by atoms with Crippen LogP contribution in [0, 0.1) is 6.92 Å². The molecule has 0 spiro atoms. The van der Waals surface area contributed by atoms with Gasteiger partial charge in [0.25, 0.3) is 0 Å². The van der Waals surface area contributed by atoms with Crippen molar-refractivity contribution in [2.45, 2.75) is 6.92 Å². The van der Waals surface area contributed by atoms with E-state index in [9.17, 15) is 9.90 Å². The Labute approximate surface area is 110 Å². The van der Waals surface area contributed by atoms with Crippen molar-refractivity contribution in [1.29, 1.82) is 0 Å². The Morgan fingerprint density at radius 3 is 2.47 bits per heavy atom. The number of aromatic carboxylic acids is 1. The van der Waals surface area contributed by atoms with Crippen molar-refractivity contribution in [3.05, 3.63) is 42.0 Å². The summed E-state index contributed by atoms with van der Waals surface area (Å²) in [5.41, 5.74) is 1.12. The van der Waals surface area contributed by atoms with E-state index in [1.807, 2.05) is 6.92 Å². The van der Waals surface area contributed by atoms with Crippen LogP contribution in [-0.4, -0.2) is 20.9 Å². The average molecular weight is 221 g/mol. The van der Waals surface area contributed by atoms with E-state index in [1.165, 1.54) is 6.20 Å². The maximum Gasteiger partial charge on any atom is 1.00 e. The molecule has 2 aromatic rings. The molecular weight excluding hydrogens is 213 g/mol. The summed E-state index contributed by atoms with van der Waals surface area (Å²) in [5, 5.41) is 10.8. The molecule has 6 heteroatoms. The van der Waals surface area contributed by atoms with Crippen LogP contribution in [0.25, 0.3) is 11.4 Å². The number of carbonyl (C=O) groups excluding carboxylic acids is 1. The van der Waals surface area contributed by atoms with Gasteiger partial charge in [-0.05, 0) is 24.6 Å². The van der Waals surface area contributed by atoms with Gasteiger partial charge in [0.05, 0.1) is 11.7 Å². The van der Waals surface area contributed by atoms with Gasteiger partial charge in [0.1, 0.15) is 0 Å². The summed E-state index contributed by atoms with van der Waals surface area (Å²) in [6, 6.07) is 3.23. The van der Waals surface area contributed by atoms with E-state index in [0.29, 0.717) is 11.4 Å². The molecule has 17 heavy (non-hydrogen) atoms. The van der Waals surface area contributed by atoms with Crippen molar-refractivity contribution < 1.29 is 28.8 Å². The third-order valence-corrected chi connectivity index (χ3v) is 2.02. The molecule has 0 saturated heterocycles. The molecule has 2 heterocycles. The van der Waals surface area contributed by atoms with Gasteiger partial charge in [-0.3, -0.25) is 4.98 Å². The topological polar surface area (TPSA) is 78.8 Å². The maximum atomic E-state index is 10.8. The Morgan fingerprint density at radius 1 is 1.24 bits per heavy atom. The third kappa shape index (κ3) is 2.90. The number of rotatable bonds is 2. The number of hydrogen-bond donors (Lipinski definition) is 0. The predicted octanol–water partition coefficient (Wildman–Crippen LogP) is -2.79. The molecule has 0 bridgehead atoms. The zero-order valence-corrected chi connectivity index (χ0v) is 9.54. The SMILES string of the molecule is Cc1cnc(-c2cccnc2C(=O)[O-])nc1.[Li+]. The minimum absolute atomic E-state index is 0. The predicted molar refractivity (Wildman–Crippen MR) is 54.3 cm³/mol. The van der Waals surface area contributed by atoms with Crippen LogP contribution in [0.15, 0.2) is 30.7 Å². The van der Waals surface area contributed by atoms with Crippen molar-refractivity contribution in [1.82, 2.24) is 15.0 Å². The fourth-order valence-electron chi connectivity index (χ4n) is 1.28. The van der Waals surface area contributed by atoms with E-state index in [0.717, 1.165) is 5.56 Å². The molecule has 0 aromatic carbocycles. The van der Waals surface area contributed by atoms with Crippen molar-refractivity contribution in [3.63, 3.8) is 0 Å². The van der Waals surface area contributed by atoms with Crippen molar-refractivity contribution in [2.75, 3.05) is 0 Å². The maximum absolute atomic E-state index is 10.8. The normalized spacial score (nSPS) is 9.47. The van der Waals surface area contributed by atoms with E-state index < -0.39 is 5.97 Å². The Kier molecular flexibility index (Phi) is 4.38. The second-order valence-electron chi connectivity index (χ2n) is 3.27. The fraction of sp³-hybridized carbons (Fsp3) is 0.0909. The van der Waals surface area contributed by atoms with Crippen LogP contribution >= 0.6 is 0 Å². The molecule has 0 amide bonds. The molecule has 0 atom stereocenters. The number of nitrogens with zero attached hydrogens (tertiary/aromatic N) is 3. The zero-order valence-electron chi connectivity index (χ0n) is 9.54. The number of carboxylic acids is 1. The Bertz CT molecular complexity index is 528. The monoisotopic (exact) mass is 221 g/mol. The van der Waals surface area contributed by atoms with Crippen LogP contribution in [0.5, 0.6) is 0 Å². The summed E-state index contributed by atoms with van der Waals surface area (Å²) in [5.74, 6) is -1.00. The summed E-state index contributed by atoms with van der Waals surface area (Å²) in [4.78, 5) is 22.7. The molecule has 0 aliphatic carbocycles. The van der Waals surface area contributed by atoms with Crippen LogP contribution in [0.1, 0.15) is 16.1 Å². The van der Waals surface area contributed by atoms with Gasteiger partial charge in [-0.25, -0.2) is 9.97 Å². The summed E-state index contributed by atoms with van der Waals surface area (Å²) >= 11 is 0. The Morgan fingerprint density at radius 2 is 1.88 bits per heavy atom. The van der Waals surface area contributed by atoms with Gasteiger partial charge >= 0.3 is 18.9 Å². The molecule has 0 aliphatic heterocycles. The quantitative estimate of drug-likeness (QED) is 0.512. The van der Waals surface area contributed by atoms with Crippen LogP contribution in [-0.2, 0) is 0 Å². The van der Waals surface area contributed by atoms with Crippen molar-refractivity contribution in [2.24, 2.45) is 0 Å². The first-order valence-corrected chi connectivity index (χ1v) is 4.64. The van der Waals surface area contributed by atoms with E-state index in [2.05, 4.69) is 15.0 Å². The Balaban J connectivity index is 0.00000144.